The minimum atomic E-state index is -3.58. The number of aromatic carboxylic acids is 1. The van der Waals surface area contributed by atoms with E-state index in [4.69, 9.17) is 28.0 Å². The highest BCUT2D eigenvalue weighted by molar-refractivity contribution is 7.90. The van der Waals surface area contributed by atoms with Crippen LogP contribution in [0.15, 0.2) is 23.1 Å². The summed E-state index contributed by atoms with van der Waals surface area (Å²) in [5.74, 6) is -1.04. The number of halogens is 2. The average Bonchev–Trinajstić information content (AvgIpc) is 2.90. The van der Waals surface area contributed by atoms with Crippen LogP contribution in [0.25, 0.3) is 5.70 Å². The highest BCUT2D eigenvalue weighted by Gasteiger charge is 2.36. The van der Waals surface area contributed by atoms with Crippen molar-refractivity contribution in [2.45, 2.75) is 17.4 Å². The number of carbonyl (C=O) groups is 1. The molecule has 0 fully saturated rings. The van der Waals surface area contributed by atoms with Gasteiger partial charge in [-0.3, -0.25) is 10.3 Å². The van der Waals surface area contributed by atoms with E-state index >= 15 is 0 Å². The molecule has 1 aliphatic heterocycles. The third-order valence-electron chi connectivity index (χ3n) is 3.55. The number of hydrogen-bond acceptors (Lipinski definition) is 5. The monoisotopic (exact) mass is 379 g/mol. The number of rotatable bonds is 5. The minimum absolute atomic E-state index is 0.00212. The second-order valence-electron chi connectivity index (χ2n) is 5.28. The quantitative estimate of drug-likeness (QED) is 0.761. The first-order valence-electron chi connectivity index (χ1n) is 6.51. The molecule has 2 rings (SSSR count). The van der Waals surface area contributed by atoms with Gasteiger partial charge in [-0.15, -0.1) is 23.2 Å². The molecule has 1 aromatic carbocycles. The summed E-state index contributed by atoms with van der Waals surface area (Å²) in [6.07, 6.45) is 2.63. The Morgan fingerprint density at radius 3 is 2.39 bits per heavy atom. The van der Waals surface area contributed by atoms with Crippen LogP contribution in [-0.2, 0) is 14.7 Å². The van der Waals surface area contributed by atoms with Gasteiger partial charge in [-0.25, -0.2) is 13.2 Å². The fourth-order valence-corrected chi connectivity index (χ4v) is 3.83. The van der Waals surface area contributed by atoms with Gasteiger partial charge in [0.05, 0.1) is 27.9 Å². The van der Waals surface area contributed by atoms with E-state index in [1.54, 1.807) is 6.08 Å². The first-order valence-corrected chi connectivity index (χ1v) is 9.47. The molecule has 0 amide bonds. The van der Waals surface area contributed by atoms with Crippen LogP contribution in [0.3, 0.4) is 0 Å². The first kappa shape index (κ1) is 18.1. The topological polar surface area (TPSA) is 92.7 Å². The van der Waals surface area contributed by atoms with E-state index in [-0.39, 0.29) is 27.8 Å². The molecule has 0 atom stereocenters. The minimum Gasteiger partial charge on any atom is -0.478 e. The van der Waals surface area contributed by atoms with Crippen molar-refractivity contribution in [2.75, 3.05) is 18.0 Å². The summed E-state index contributed by atoms with van der Waals surface area (Å²) in [7, 11) is -3.58. The number of hydroxylamine groups is 1. The summed E-state index contributed by atoms with van der Waals surface area (Å²) < 4.78 is 24.1. The van der Waals surface area contributed by atoms with Gasteiger partial charge in [0.15, 0.2) is 9.84 Å². The van der Waals surface area contributed by atoms with E-state index in [9.17, 15) is 18.3 Å². The molecule has 0 saturated heterocycles. The van der Waals surface area contributed by atoms with Crippen molar-refractivity contribution in [2.24, 2.45) is 0 Å². The fourth-order valence-electron chi connectivity index (χ4n) is 2.33. The third-order valence-corrected chi connectivity index (χ3v) is 5.59. The van der Waals surface area contributed by atoms with Crippen molar-refractivity contribution in [1.29, 1.82) is 0 Å². The normalized spacial score (nSPS) is 16.8. The number of nitrogens with one attached hydrogen (secondary N) is 1. The van der Waals surface area contributed by atoms with Crippen molar-refractivity contribution < 1.29 is 23.2 Å². The van der Waals surface area contributed by atoms with Crippen LogP contribution in [0, 0.1) is 6.92 Å². The summed E-state index contributed by atoms with van der Waals surface area (Å²) in [4.78, 5) is 16.7. The number of benzene rings is 1. The van der Waals surface area contributed by atoms with E-state index in [1.807, 2.05) is 0 Å². The molecular formula is C14H15Cl2NO5S. The highest BCUT2D eigenvalue weighted by Crippen LogP contribution is 2.34. The number of carboxylic acid groups (broad SMARTS) is 1. The van der Waals surface area contributed by atoms with E-state index in [0.29, 0.717) is 11.3 Å². The van der Waals surface area contributed by atoms with Crippen molar-refractivity contribution in [3.63, 3.8) is 0 Å². The van der Waals surface area contributed by atoms with Gasteiger partial charge in [-0.05, 0) is 30.7 Å². The van der Waals surface area contributed by atoms with E-state index < -0.39 is 21.4 Å². The maximum absolute atomic E-state index is 12.0. The van der Waals surface area contributed by atoms with Crippen molar-refractivity contribution in [3.05, 3.63) is 34.9 Å². The molecule has 0 bridgehead atoms. The molecule has 6 nitrogen and oxygen atoms in total. The van der Waals surface area contributed by atoms with Gasteiger partial charge in [-0.2, -0.15) is 0 Å². The Bertz CT molecular complexity index is 785. The predicted octanol–water partition coefficient (Wildman–Crippen LogP) is 2.19. The molecule has 9 heteroatoms. The molecule has 0 spiro atoms. The van der Waals surface area contributed by atoms with Crippen LogP contribution in [0.1, 0.15) is 21.5 Å². The van der Waals surface area contributed by atoms with Crippen LogP contribution in [0.4, 0.5) is 0 Å². The molecule has 126 valence electrons. The zero-order valence-corrected chi connectivity index (χ0v) is 14.7. The molecule has 23 heavy (non-hydrogen) atoms. The summed E-state index contributed by atoms with van der Waals surface area (Å²) in [6.45, 7) is 1.54. The van der Waals surface area contributed by atoms with Gasteiger partial charge >= 0.3 is 5.97 Å². The lowest BCUT2D eigenvalue weighted by Crippen LogP contribution is -2.33. The lowest BCUT2D eigenvalue weighted by Gasteiger charge is -2.18. The van der Waals surface area contributed by atoms with Gasteiger partial charge in [0.25, 0.3) is 0 Å². The van der Waals surface area contributed by atoms with Gasteiger partial charge in [-0.1, -0.05) is 0 Å². The van der Waals surface area contributed by atoms with Gasteiger partial charge in [0.2, 0.25) is 0 Å². The second kappa shape index (κ2) is 6.32. The Labute approximate surface area is 143 Å². The lowest BCUT2D eigenvalue weighted by atomic mass is 9.98. The second-order valence-corrected chi connectivity index (χ2v) is 7.80. The maximum Gasteiger partial charge on any atom is 0.335 e. The van der Waals surface area contributed by atoms with Gasteiger partial charge in [0, 0.05) is 11.8 Å². The van der Waals surface area contributed by atoms with Crippen LogP contribution in [0.2, 0.25) is 0 Å². The van der Waals surface area contributed by atoms with Gasteiger partial charge < -0.3 is 5.11 Å². The largest absolute Gasteiger partial charge is 0.478 e. The Hall–Kier alpha value is -1.28. The van der Waals surface area contributed by atoms with Crippen molar-refractivity contribution in [1.82, 2.24) is 5.48 Å². The molecular weight excluding hydrogens is 365 g/mol. The molecule has 2 N–H and O–H groups in total. The molecule has 0 aliphatic carbocycles. The molecule has 1 heterocycles. The Morgan fingerprint density at radius 1 is 1.35 bits per heavy atom. The number of sulfone groups is 1. The zero-order valence-electron chi connectivity index (χ0n) is 12.4. The van der Waals surface area contributed by atoms with Crippen molar-refractivity contribution >= 4 is 44.7 Å². The van der Waals surface area contributed by atoms with Crippen LogP contribution in [0.5, 0.6) is 0 Å². The summed E-state index contributed by atoms with van der Waals surface area (Å²) in [5.41, 5.74) is 2.51. The lowest BCUT2D eigenvalue weighted by molar-refractivity contribution is -0.00367. The van der Waals surface area contributed by atoms with Crippen molar-refractivity contribution in [3.8, 4) is 0 Å². The molecule has 1 aliphatic rings. The number of alkyl halides is 2. The standard InChI is InChI=1S/C14H15Cl2NO5S/c1-8-9(13(18)19)3-4-11(23(2,20)21)12(8)10-5-14(6-15,7-16)22-17-10/h3-5,17H,6-7H2,1-2H3,(H,18,19). The SMILES string of the molecule is Cc1c(C(=O)O)ccc(S(C)(=O)=O)c1C1=CC(CCl)(CCl)ON1. The molecule has 0 radical (unpaired) electrons. The number of hydrogen-bond donors (Lipinski definition) is 2. The van der Waals surface area contributed by atoms with E-state index in [1.165, 1.54) is 19.1 Å². The van der Waals surface area contributed by atoms with Crippen LogP contribution >= 0.6 is 23.2 Å². The summed E-state index contributed by atoms with van der Waals surface area (Å²) in [5, 5.41) is 9.26. The predicted molar refractivity (Wildman–Crippen MR) is 87.6 cm³/mol. The first-order chi connectivity index (χ1) is 10.6. The molecule has 0 unspecified atom stereocenters. The van der Waals surface area contributed by atoms with Crippen LogP contribution < -0.4 is 5.48 Å². The molecule has 1 aromatic rings. The zero-order chi connectivity index (χ0) is 17.4. The fraction of sp³-hybridized carbons (Fsp3) is 0.357. The van der Waals surface area contributed by atoms with E-state index in [2.05, 4.69) is 5.48 Å². The Balaban J connectivity index is 2.75. The average molecular weight is 380 g/mol. The maximum atomic E-state index is 12.0. The highest BCUT2D eigenvalue weighted by atomic mass is 35.5. The van der Waals surface area contributed by atoms with Crippen LogP contribution in [-0.4, -0.2) is 43.1 Å². The Kier molecular flexibility index (Phi) is 4.96. The smallest absolute Gasteiger partial charge is 0.335 e. The Morgan fingerprint density at radius 2 is 1.96 bits per heavy atom. The summed E-state index contributed by atoms with van der Waals surface area (Å²) >= 11 is 11.7. The van der Waals surface area contributed by atoms with Gasteiger partial charge in [0.1, 0.15) is 5.60 Å². The molecule has 0 saturated carbocycles. The molecule has 0 aromatic heterocycles. The third kappa shape index (κ3) is 3.33. The van der Waals surface area contributed by atoms with E-state index in [0.717, 1.165) is 6.26 Å². The number of carboxylic acids is 1. The summed E-state index contributed by atoms with van der Waals surface area (Å²) in [6, 6.07) is 2.54.